The highest BCUT2D eigenvalue weighted by atomic mass is 31.2. The number of esters is 1. The van der Waals surface area contributed by atoms with E-state index in [0.717, 1.165) is 12.1 Å². The highest BCUT2D eigenvalue weighted by Gasteiger charge is 2.62. The Morgan fingerprint density at radius 3 is 1.94 bits per heavy atom. The van der Waals surface area contributed by atoms with Gasteiger partial charge >= 0.3 is 19.7 Å². The topological polar surface area (TPSA) is 103 Å². The molecule has 194 valence electrons. The Bertz CT molecular complexity index is 1010. The van der Waals surface area contributed by atoms with Crippen molar-refractivity contribution >= 4 is 19.3 Å². The molecule has 2 atom stereocenters. The number of halogens is 3. The molecule has 35 heavy (non-hydrogen) atoms. The van der Waals surface area contributed by atoms with E-state index in [1.54, 1.807) is 38.1 Å². The normalized spacial score (nSPS) is 14.6. The number of carbonyl (C=O) groups excluding carboxylic acids is 1. The third kappa shape index (κ3) is 6.35. The number of hydrogen-bond acceptors (Lipinski definition) is 8. The van der Waals surface area contributed by atoms with Gasteiger partial charge in [0.1, 0.15) is 5.75 Å². The Morgan fingerprint density at radius 1 is 0.971 bits per heavy atom. The summed E-state index contributed by atoms with van der Waals surface area (Å²) in [4.78, 5) is 12.0. The lowest BCUT2D eigenvalue weighted by molar-refractivity contribution is -0.267. The van der Waals surface area contributed by atoms with Crippen LogP contribution >= 0.6 is 7.60 Å². The highest BCUT2D eigenvalue weighted by molar-refractivity contribution is 7.54. The summed E-state index contributed by atoms with van der Waals surface area (Å²) in [6, 6.07) is 10.9. The molecule has 2 N–H and O–H groups in total. The van der Waals surface area contributed by atoms with Crippen LogP contribution in [0.15, 0.2) is 48.5 Å². The van der Waals surface area contributed by atoms with E-state index in [2.05, 4.69) is 10.1 Å². The fraction of sp³-hybridized carbons (Fsp3) is 0.435. The Labute approximate surface area is 201 Å². The molecule has 8 nitrogen and oxygen atoms in total. The van der Waals surface area contributed by atoms with Crippen LogP contribution in [0, 0.1) is 0 Å². The lowest BCUT2D eigenvalue weighted by atomic mass is 9.93. The molecule has 0 fully saturated rings. The largest absolute Gasteiger partial charge is 0.497 e. The van der Waals surface area contributed by atoms with Gasteiger partial charge in [0.05, 0.1) is 26.9 Å². The maximum absolute atomic E-state index is 13.6. The molecule has 0 saturated heterocycles. The van der Waals surface area contributed by atoms with Crippen LogP contribution in [0.1, 0.15) is 37.7 Å². The minimum atomic E-state index is -5.32. The van der Waals surface area contributed by atoms with Crippen molar-refractivity contribution in [3.8, 4) is 5.75 Å². The molecule has 0 aromatic heterocycles. The molecule has 2 unspecified atom stereocenters. The number of nitrogens with one attached hydrogen (secondary N) is 1. The predicted octanol–water partition coefficient (Wildman–Crippen LogP) is 5.39. The van der Waals surface area contributed by atoms with Crippen molar-refractivity contribution in [2.75, 3.05) is 32.2 Å². The van der Waals surface area contributed by atoms with Gasteiger partial charge in [-0.3, -0.25) is 4.57 Å². The lowest BCUT2D eigenvalue weighted by Gasteiger charge is -2.30. The molecule has 0 saturated carbocycles. The first kappa shape index (κ1) is 28.6. The lowest BCUT2D eigenvalue weighted by Crippen LogP contribution is -2.50. The Balaban J connectivity index is 2.48. The van der Waals surface area contributed by atoms with Crippen LogP contribution in [-0.4, -0.2) is 44.2 Å². The molecule has 2 aromatic rings. The van der Waals surface area contributed by atoms with Crippen LogP contribution in [0.5, 0.6) is 5.75 Å². The molecule has 0 radical (unpaired) electrons. The van der Waals surface area contributed by atoms with Gasteiger partial charge in [-0.25, -0.2) is 4.79 Å². The number of aliphatic hydroxyl groups is 1. The van der Waals surface area contributed by atoms with E-state index in [4.69, 9.17) is 13.8 Å². The predicted molar refractivity (Wildman–Crippen MR) is 123 cm³/mol. The number of hydrogen-bond donors (Lipinski definition) is 2. The first-order valence-electron chi connectivity index (χ1n) is 10.8. The minimum absolute atomic E-state index is 0.0860. The molecule has 0 bridgehead atoms. The molecule has 12 heteroatoms. The van der Waals surface area contributed by atoms with E-state index in [0.29, 0.717) is 11.3 Å². The standard InChI is InChI=1S/C23H29F3NO7P/c1-5-32-21(28)22(29,23(24,25)26)17-10-12-18(13-11-17)27-20(35(30,33-6-2)34-7-3)16-8-14-19(31-4)15-9-16/h8-15,20,27,29H,5-7H2,1-4H3. The summed E-state index contributed by atoms with van der Waals surface area (Å²) in [6.07, 6.45) is -5.32. The molecule has 0 heterocycles. The summed E-state index contributed by atoms with van der Waals surface area (Å²) in [5.41, 5.74) is -3.82. The van der Waals surface area contributed by atoms with E-state index in [1.807, 2.05) is 0 Å². The van der Waals surface area contributed by atoms with Gasteiger partial charge in [0.25, 0.3) is 5.60 Å². The first-order valence-corrected chi connectivity index (χ1v) is 12.4. The molecular formula is C23H29F3NO7P. The zero-order valence-corrected chi connectivity index (χ0v) is 20.7. The maximum atomic E-state index is 13.6. The molecule has 0 spiro atoms. The number of carbonyl (C=O) groups is 1. The summed E-state index contributed by atoms with van der Waals surface area (Å²) in [5.74, 6) is -2.29. The van der Waals surface area contributed by atoms with Gasteiger partial charge in [0, 0.05) is 11.3 Å². The van der Waals surface area contributed by atoms with E-state index in [1.165, 1.54) is 26.2 Å². The van der Waals surface area contributed by atoms with E-state index in [-0.39, 0.29) is 25.5 Å². The van der Waals surface area contributed by atoms with Gasteiger partial charge in [-0.1, -0.05) is 24.3 Å². The molecular weight excluding hydrogens is 490 g/mol. The third-order valence-electron chi connectivity index (χ3n) is 4.95. The van der Waals surface area contributed by atoms with Gasteiger partial charge in [0.2, 0.25) is 0 Å². The highest BCUT2D eigenvalue weighted by Crippen LogP contribution is 2.61. The van der Waals surface area contributed by atoms with Crippen LogP contribution in [0.25, 0.3) is 0 Å². The summed E-state index contributed by atoms with van der Waals surface area (Å²) >= 11 is 0. The van der Waals surface area contributed by atoms with Crippen molar-refractivity contribution in [3.63, 3.8) is 0 Å². The van der Waals surface area contributed by atoms with Gasteiger partial charge in [-0.05, 0) is 50.6 Å². The Morgan fingerprint density at radius 2 is 1.51 bits per heavy atom. The number of rotatable bonds is 12. The van der Waals surface area contributed by atoms with Crippen molar-refractivity contribution in [2.45, 2.75) is 38.3 Å². The second-order valence-electron chi connectivity index (χ2n) is 7.20. The van der Waals surface area contributed by atoms with Gasteiger partial charge < -0.3 is 28.9 Å². The van der Waals surface area contributed by atoms with E-state index < -0.39 is 36.7 Å². The summed E-state index contributed by atoms with van der Waals surface area (Å²) in [6.45, 7) is 4.46. The zero-order chi connectivity index (χ0) is 26.3. The molecule has 0 aliphatic carbocycles. The second-order valence-corrected chi connectivity index (χ2v) is 9.31. The SMILES string of the molecule is CCOC(=O)C(O)(c1ccc(NC(c2ccc(OC)cc2)P(=O)(OCC)OCC)cc1)C(F)(F)F. The maximum Gasteiger partial charge on any atom is 0.432 e. The number of anilines is 1. The summed E-state index contributed by atoms with van der Waals surface area (Å²) in [5, 5.41) is 13.3. The van der Waals surface area contributed by atoms with Crippen LogP contribution in [0.2, 0.25) is 0 Å². The minimum Gasteiger partial charge on any atom is -0.497 e. The fourth-order valence-electron chi connectivity index (χ4n) is 3.28. The summed E-state index contributed by atoms with van der Waals surface area (Å²) < 4.78 is 75.1. The van der Waals surface area contributed by atoms with Crippen LogP contribution in [0.3, 0.4) is 0 Å². The van der Waals surface area contributed by atoms with E-state index >= 15 is 0 Å². The quantitative estimate of drug-likeness (QED) is 0.285. The third-order valence-corrected chi connectivity index (χ3v) is 7.25. The van der Waals surface area contributed by atoms with Crippen LogP contribution in [-0.2, 0) is 28.7 Å². The number of methoxy groups -OCH3 is 1. The monoisotopic (exact) mass is 519 g/mol. The smallest absolute Gasteiger partial charge is 0.432 e. The molecule has 0 aliphatic rings. The second kappa shape index (κ2) is 11.9. The number of benzene rings is 2. The van der Waals surface area contributed by atoms with Crippen molar-refractivity contribution in [1.29, 1.82) is 0 Å². The van der Waals surface area contributed by atoms with Gasteiger partial charge in [-0.2, -0.15) is 13.2 Å². The van der Waals surface area contributed by atoms with E-state index in [9.17, 15) is 27.6 Å². The average Bonchev–Trinajstić information content (AvgIpc) is 2.82. The van der Waals surface area contributed by atoms with Crippen molar-refractivity contribution in [3.05, 3.63) is 59.7 Å². The fourth-order valence-corrected chi connectivity index (χ4v) is 5.21. The average molecular weight is 519 g/mol. The van der Waals surface area contributed by atoms with Crippen molar-refractivity contribution < 1.29 is 46.2 Å². The first-order chi connectivity index (χ1) is 16.5. The molecule has 0 aliphatic heterocycles. The number of ether oxygens (including phenoxy) is 2. The Kier molecular flexibility index (Phi) is 9.74. The molecule has 2 aromatic carbocycles. The number of alkyl halides is 3. The Hall–Kier alpha value is -2.59. The van der Waals surface area contributed by atoms with Crippen LogP contribution < -0.4 is 10.1 Å². The van der Waals surface area contributed by atoms with Crippen LogP contribution in [0.4, 0.5) is 18.9 Å². The molecule has 2 rings (SSSR count). The zero-order valence-electron chi connectivity index (χ0n) is 19.8. The van der Waals surface area contributed by atoms with Crippen molar-refractivity contribution in [1.82, 2.24) is 0 Å². The van der Waals surface area contributed by atoms with Crippen molar-refractivity contribution in [2.24, 2.45) is 0 Å². The summed E-state index contributed by atoms with van der Waals surface area (Å²) in [7, 11) is -2.30. The van der Waals surface area contributed by atoms with Gasteiger partial charge in [-0.15, -0.1) is 0 Å². The molecule has 0 amide bonds. The van der Waals surface area contributed by atoms with Gasteiger partial charge in [0.15, 0.2) is 5.78 Å².